The van der Waals surface area contributed by atoms with Gasteiger partial charge in [0.25, 0.3) is 5.91 Å². The zero-order valence-corrected chi connectivity index (χ0v) is 14.3. The van der Waals surface area contributed by atoms with Crippen LogP contribution in [0.25, 0.3) is 0 Å². The van der Waals surface area contributed by atoms with Gasteiger partial charge in [0.1, 0.15) is 6.04 Å². The van der Waals surface area contributed by atoms with Gasteiger partial charge in [0, 0.05) is 36.2 Å². The van der Waals surface area contributed by atoms with E-state index in [0.29, 0.717) is 12.6 Å². The average molecular weight is 363 g/mol. The minimum Gasteiger partial charge on any atom is -0.350 e. The van der Waals surface area contributed by atoms with E-state index in [9.17, 15) is 4.79 Å². The number of aromatic nitrogens is 1. The van der Waals surface area contributed by atoms with Gasteiger partial charge in [0.05, 0.1) is 12.2 Å². The molecule has 5 heteroatoms. The van der Waals surface area contributed by atoms with Crippen molar-refractivity contribution < 1.29 is 9.69 Å². The molecule has 0 saturated carbocycles. The molecule has 0 aliphatic carbocycles. The maximum atomic E-state index is 12.3. The molecule has 1 unspecified atom stereocenters. The number of carbonyl (C=O) groups excluding carboxylic acids is 1. The third kappa shape index (κ3) is 3.42. The van der Waals surface area contributed by atoms with Gasteiger partial charge in [-0.15, -0.1) is 0 Å². The van der Waals surface area contributed by atoms with Crippen molar-refractivity contribution in [3.63, 3.8) is 0 Å². The summed E-state index contributed by atoms with van der Waals surface area (Å²) >= 11 is 3.40. The summed E-state index contributed by atoms with van der Waals surface area (Å²) in [4.78, 5) is 13.7. The van der Waals surface area contributed by atoms with Crippen molar-refractivity contribution in [2.24, 2.45) is 7.05 Å². The number of aryl methyl sites for hydroxylation is 1. The van der Waals surface area contributed by atoms with E-state index < -0.39 is 0 Å². The highest BCUT2D eigenvalue weighted by Gasteiger charge is 2.32. The Kier molecular flexibility index (Phi) is 4.64. The molecule has 1 saturated heterocycles. The number of nitrogens with zero attached hydrogens (tertiary/aromatic N) is 1. The lowest BCUT2D eigenvalue weighted by Gasteiger charge is -2.21. The Hall–Kier alpha value is -1.59. The fourth-order valence-electron chi connectivity index (χ4n) is 3.26. The highest BCUT2D eigenvalue weighted by Crippen LogP contribution is 2.19. The van der Waals surface area contributed by atoms with Crippen molar-refractivity contribution in [3.8, 4) is 0 Å². The summed E-state index contributed by atoms with van der Waals surface area (Å²) in [7, 11) is 2.08. The number of halogens is 1. The van der Waals surface area contributed by atoms with Crippen molar-refractivity contribution in [1.82, 2.24) is 4.57 Å². The Bertz CT molecular complexity index is 650. The van der Waals surface area contributed by atoms with Crippen LogP contribution in [0.4, 0.5) is 5.69 Å². The molecule has 3 rings (SSSR count). The molecule has 1 aromatic heterocycles. The van der Waals surface area contributed by atoms with Gasteiger partial charge in [0.2, 0.25) is 0 Å². The fourth-order valence-corrected chi connectivity index (χ4v) is 3.53. The zero-order chi connectivity index (χ0) is 15.5. The molecule has 2 N–H and O–H groups in total. The minimum absolute atomic E-state index is 0.0819. The van der Waals surface area contributed by atoms with Crippen LogP contribution < -0.4 is 10.2 Å². The second-order valence-electron chi connectivity index (χ2n) is 5.88. The second-order valence-corrected chi connectivity index (χ2v) is 6.79. The SMILES string of the molecule is Cn1cccc1[C@@H]1CCC[NH+]1CC(=O)Nc1ccc(Br)cc1. The Morgan fingerprint density at radius 1 is 1.36 bits per heavy atom. The summed E-state index contributed by atoms with van der Waals surface area (Å²) in [5.74, 6) is 0.0819. The van der Waals surface area contributed by atoms with E-state index in [2.05, 4.69) is 51.2 Å². The summed E-state index contributed by atoms with van der Waals surface area (Å²) in [6.07, 6.45) is 4.41. The predicted octanol–water partition coefficient (Wildman–Crippen LogP) is 2.15. The van der Waals surface area contributed by atoms with Crippen LogP contribution in [-0.4, -0.2) is 23.6 Å². The smallest absolute Gasteiger partial charge is 0.279 e. The molecular weight excluding hydrogens is 342 g/mol. The van der Waals surface area contributed by atoms with Gasteiger partial charge in [-0.2, -0.15) is 0 Å². The predicted molar refractivity (Wildman–Crippen MR) is 90.9 cm³/mol. The van der Waals surface area contributed by atoms with Gasteiger partial charge in [0.15, 0.2) is 6.54 Å². The van der Waals surface area contributed by atoms with Crippen molar-refractivity contribution >= 4 is 27.5 Å². The first-order valence-corrected chi connectivity index (χ1v) is 8.44. The van der Waals surface area contributed by atoms with E-state index in [0.717, 1.165) is 23.1 Å². The third-order valence-electron chi connectivity index (χ3n) is 4.34. The number of rotatable bonds is 4. The van der Waals surface area contributed by atoms with E-state index in [1.54, 1.807) is 0 Å². The van der Waals surface area contributed by atoms with E-state index in [4.69, 9.17) is 0 Å². The summed E-state index contributed by atoms with van der Waals surface area (Å²) in [5.41, 5.74) is 2.17. The van der Waals surface area contributed by atoms with Crippen molar-refractivity contribution in [2.75, 3.05) is 18.4 Å². The second kappa shape index (κ2) is 6.67. The van der Waals surface area contributed by atoms with Gasteiger partial charge >= 0.3 is 0 Å². The van der Waals surface area contributed by atoms with Crippen LogP contribution in [0.15, 0.2) is 47.1 Å². The first-order valence-electron chi connectivity index (χ1n) is 7.65. The molecule has 4 nitrogen and oxygen atoms in total. The number of likely N-dealkylation sites (tertiary alicyclic amines) is 1. The van der Waals surface area contributed by atoms with Gasteiger partial charge in [-0.3, -0.25) is 4.79 Å². The van der Waals surface area contributed by atoms with Gasteiger partial charge in [-0.05, 0) is 36.4 Å². The summed E-state index contributed by atoms with van der Waals surface area (Å²) in [6, 6.07) is 12.4. The lowest BCUT2D eigenvalue weighted by Crippen LogP contribution is -3.11. The monoisotopic (exact) mass is 362 g/mol. The largest absolute Gasteiger partial charge is 0.350 e. The Balaban J connectivity index is 1.63. The van der Waals surface area contributed by atoms with E-state index in [1.165, 1.54) is 17.0 Å². The minimum atomic E-state index is 0.0819. The first-order chi connectivity index (χ1) is 10.6. The number of nitrogens with one attached hydrogen (secondary N) is 2. The molecule has 1 aromatic carbocycles. The highest BCUT2D eigenvalue weighted by atomic mass is 79.9. The maximum Gasteiger partial charge on any atom is 0.279 e. The van der Waals surface area contributed by atoms with Crippen molar-refractivity contribution in [2.45, 2.75) is 18.9 Å². The van der Waals surface area contributed by atoms with Crippen molar-refractivity contribution in [1.29, 1.82) is 0 Å². The molecule has 0 spiro atoms. The molecule has 2 aromatic rings. The molecule has 2 atom stereocenters. The molecule has 1 amide bonds. The molecule has 22 heavy (non-hydrogen) atoms. The number of benzene rings is 1. The number of amides is 1. The highest BCUT2D eigenvalue weighted by molar-refractivity contribution is 9.10. The van der Waals surface area contributed by atoms with Crippen LogP contribution in [0.1, 0.15) is 24.6 Å². The summed E-state index contributed by atoms with van der Waals surface area (Å²) in [6.45, 7) is 1.58. The molecule has 2 heterocycles. The fraction of sp³-hybridized carbons (Fsp3) is 0.353. The summed E-state index contributed by atoms with van der Waals surface area (Å²) < 4.78 is 3.18. The normalized spacial score (nSPS) is 21.0. The molecule has 1 fully saturated rings. The summed E-state index contributed by atoms with van der Waals surface area (Å²) in [5, 5.41) is 2.99. The Labute approximate surface area is 139 Å². The molecule has 116 valence electrons. The molecule has 0 radical (unpaired) electrons. The van der Waals surface area contributed by atoms with Crippen LogP contribution in [0.3, 0.4) is 0 Å². The molecule has 1 aliphatic heterocycles. The number of hydrogen-bond acceptors (Lipinski definition) is 1. The van der Waals surface area contributed by atoms with E-state index >= 15 is 0 Å². The number of quaternary nitrogens is 1. The van der Waals surface area contributed by atoms with Gasteiger partial charge in [-0.25, -0.2) is 0 Å². The average Bonchev–Trinajstić information content (AvgIpc) is 3.10. The van der Waals surface area contributed by atoms with Crippen LogP contribution >= 0.6 is 15.9 Å². The van der Waals surface area contributed by atoms with E-state index in [1.807, 2.05) is 24.3 Å². The standard InChI is InChI=1S/C17H20BrN3O/c1-20-10-2-4-15(20)16-5-3-11-21(16)12-17(22)19-14-8-6-13(18)7-9-14/h2,4,6-10,16H,3,5,11-12H2,1H3,(H,19,22)/p+1/t16-/m0/s1. The van der Waals surface area contributed by atoms with E-state index in [-0.39, 0.29) is 5.91 Å². The molecule has 1 aliphatic rings. The maximum absolute atomic E-state index is 12.3. The van der Waals surface area contributed by atoms with Gasteiger partial charge in [-0.1, -0.05) is 15.9 Å². The number of carbonyl (C=O) groups is 1. The van der Waals surface area contributed by atoms with Crippen LogP contribution in [-0.2, 0) is 11.8 Å². The van der Waals surface area contributed by atoms with Crippen LogP contribution in [0.5, 0.6) is 0 Å². The Morgan fingerprint density at radius 3 is 2.82 bits per heavy atom. The zero-order valence-electron chi connectivity index (χ0n) is 12.7. The van der Waals surface area contributed by atoms with Crippen LogP contribution in [0.2, 0.25) is 0 Å². The number of anilines is 1. The van der Waals surface area contributed by atoms with Crippen LogP contribution in [0, 0.1) is 0 Å². The molecular formula is C17H21BrN3O+. The van der Waals surface area contributed by atoms with Crippen molar-refractivity contribution in [3.05, 3.63) is 52.8 Å². The van der Waals surface area contributed by atoms with Gasteiger partial charge < -0.3 is 14.8 Å². The topological polar surface area (TPSA) is 38.5 Å². The quantitative estimate of drug-likeness (QED) is 0.859. The lowest BCUT2D eigenvalue weighted by atomic mass is 10.1. The Morgan fingerprint density at radius 2 is 2.14 bits per heavy atom. The first kappa shape index (κ1) is 15.3. The third-order valence-corrected chi connectivity index (χ3v) is 4.87. The number of hydrogen-bond donors (Lipinski definition) is 2. The lowest BCUT2D eigenvalue weighted by molar-refractivity contribution is -0.910. The molecule has 0 bridgehead atoms.